The van der Waals surface area contributed by atoms with Crippen LogP contribution in [0.5, 0.6) is 5.75 Å². The first kappa shape index (κ1) is 16.5. The number of ether oxygens (including phenoxy) is 2. The maximum absolute atomic E-state index is 14.2. The van der Waals surface area contributed by atoms with E-state index in [1.165, 1.54) is 0 Å². The highest BCUT2D eigenvalue weighted by molar-refractivity contribution is 5.70. The molecule has 1 aromatic carbocycles. The predicted octanol–water partition coefficient (Wildman–Crippen LogP) is 2.46. The van der Waals surface area contributed by atoms with E-state index in [2.05, 4.69) is 5.32 Å². The fourth-order valence-electron chi connectivity index (χ4n) is 2.41. The van der Waals surface area contributed by atoms with E-state index in [1.807, 2.05) is 0 Å². The Balaban J connectivity index is 2.38. The summed E-state index contributed by atoms with van der Waals surface area (Å²) in [4.78, 5) is 12.0. The quantitative estimate of drug-likeness (QED) is 0.880. The summed E-state index contributed by atoms with van der Waals surface area (Å²) in [6.45, 7) is 4.60. The summed E-state index contributed by atoms with van der Waals surface area (Å²) >= 11 is 0. The monoisotopic (exact) mass is 315 g/mol. The Morgan fingerprint density at radius 2 is 2.14 bits per heavy atom. The van der Waals surface area contributed by atoms with Crippen LogP contribution in [0.1, 0.15) is 32.8 Å². The van der Waals surface area contributed by atoms with Crippen LogP contribution in [0.2, 0.25) is 0 Å². The SMILES string of the molecule is CC(C)(C)OC(=O)N[C@]1(CO)CCOc2cc(F)cc(F)c21. The number of aliphatic hydroxyl groups is 1. The van der Waals surface area contributed by atoms with Gasteiger partial charge < -0.3 is 19.9 Å². The van der Waals surface area contributed by atoms with Crippen LogP contribution in [0, 0.1) is 11.6 Å². The van der Waals surface area contributed by atoms with Gasteiger partial charge in [0.25, 0.3) is 0 Å². The third kappa shape index (κ3) is 3.30. The Labute approximate surface area is 127 Å². The van der Waals surface area contributed by atoms with E-state index in [1.54, 1.807) is 20.8 Å². The van der Waals surface area contributed by atoms with Gasteiger partial charge in [0.1, 0.15) is 28.5 Å². The molecule has 0 fully saturated rings. The zero-order chi connectivity index (χ0) is 16.5. The standard InChI is InChI=1S/C15H19F2NO4/c1-14(2,3)22-13(20)18-15(8-19)4-5-21-11-7-9(16)6-10(17)12(11)15/h6-7,19H,4-5,8H2,1-3H3,(H,18,20)/t15-/m0/s1. The van der Waals surface area contributed by atoms with Crippen LogP contribution in [0.15, 0.2) is 12.1 Å². The van der Waals surface area contributed by atoms with Crippen molar-refractivity contribution in [2.75, 3.05) is 13.2 Å². The Morgan fingerprint density at radius 1 is 1.45 bits per heavy atom. The topological polar surface area (TPSA) is 67.8 Å². The van der Waals surface area contributed by atoms with Gasteiger partial charge in [-0.3, -0.25) is 0 Å². The first-order valence-corrected chi connectivity index (χ1v) is 6.91. The van der Waals surface area contributed by atoms with E-state index < -0.39 is 35.5 Å². The van der Waals surface area contributed by atoms with Gasteiger partial charge in [0.05, 0.1) is 18.8 Å². The molecule has 0 saturated carbocycles. The zero-order valence-corrected chi connectivity index (χ0v) is 12.7. The number of hydrogen-bond acceptors (Lipinski definition) is 4. The van der Waals surface area contributed by atoms with Crippen molar-refractivity contribution in [2.24, 2.45) is 0 Å². The van der Waals surface area contributed by atoms with E-state index in [0.29, 0.717) is 6.07 Å². The molecule has 1 atom stereocenters. The molecule has 0 radical (unpaired) electrons. The van der Waals surface area contributed by atoms with Gasteiger partial charge >= 0.3 is 6.09 Å². The molecule has 0 aliphatic carbocycles. The lowest BCUT2D eigenvalue weighted by atomic mass is 9.84. The number of amides is 1. The summed E-state index contributed by atoms with van der Waals surface area (Å²) in [6, 6.07) is 1.72. The summed E-state index contributed by atoms with van der Waals surface area (Å²) in [5.74, 6) is -1.71. The van der Waals surface area contributed by atoms with Crippen LogP contribution >= 0.6 is 0 Å². The van der Waals surface area contributed by atoms with E-state index in [4.69, 9.17) is 9.47 Å². The molecular formula is C15H19F2NO4. The molecule has 1 aromatic rings. The second-order valence-corrected chi connectivity index (χ2v) is 6.23. The number of rotatable bonds is 2. The van der Waals surface area contributed by atoms with Crippen LogP contribution in [-0.2, 0) is 10.3 Å². The molecular weight excluding hydrogens is 296 g/mol. The van der Waals surface area contributed by atoms with Crippen molar-refractivity contribution in [3.63, 3.8) is 0 Å². The van der Waals surface area contributed by atoms with Gasteiger partial charge in [-0.2, -0.15) is 0 Å². The fourth-order valence-corrected chi connectivity index (χ4v) is 2.41. The Hall–Kier alpha value is -1.89. The molecule has 1 aliphatic heterocycles. The van der Waals surface area contributed by atoms with Gasteiger partial charge in [-0.25, -0.2) is 13.6 Å². The van der Waals surface area contributed by atoms with Crippen molar-refractivity contribution in [3.05, 3.63) is 29.3 Å². The third-order valence-corrected chi connectivity index (χ3v) is 3.29. The average Bonchev–Trinajstić information content (AvgIpc) is 2.35. The van der Waals surface area contributed by atoms with E-state index in [-0.39, 0.29) is 24.3 Å². The van der Waals surface area contributed by atoms with E-state index in [9.17, 15) is 18.7 Å². The van der Waals surface area contributed by atoms with Crippen LogP contribution in [0.4, 0.5) is 13.6 Å². The number of aliphatic hydroxyl groups excluding tert-OH is 1. The molecule has 7 heteroatoms. The highest BCUT2D eigenvalue weighted by Crippen LogP contribution is 2.39. The maximum Gasteiger partial charge on any atom is 0.408 e. The second-order valence-electron chi connectivity index (χ2n) is 6.23. The molecule has 2 rings (SSSR count). The zero-order valence-electron chi connectivity index (χ0n) is 12.7. The van der Waals surface area contributed by atoms with Crippen molar-refractivity contribution < 1.29 is 28.2 Å². The average molecular weight is 315 g/mol. The van der Waals surface area contributed by atoms with Crippen LogP contribution < -0.4 is 10.1 Å². The summed E-state index contributed by atoms with van der Waals surface area (Å²) < 4.78 is 37.9. The lowest BCUT2D eigenvalue weighted by molar-refractivity contribution is 0.0321. The number of fused-ring (bicyclic) bond motifs is 1. The third-order valence-electron chi connectivity index (χ3n) is 3.29. The van der Waals surface area contributed by atoms with Crippen molar-refractivity contribution in [3.8, 4) is 5.75 Å². The second kappa shape index (κ2) is 5.72. The number of alkyl carbamates (subject to hydrolysis) is 1. The molecule has 0 aromatic heterocycles. The molecule has 1 aliphatic rings. The number of carbonyl (C=O) groups is 1. The van der Waals surface area contributed by atoms with E-state index in [0.717, 1.165) is 6.07 Å². The summed E-state index contributed by atoms with van der Waals surface area (Å²) in [5.41, 5.74) is -2.22. The van der Waals surface area contributed by atoms with Crippen molar-refractivity contribution >= 4 is 6.09 Å². The molecule has 22 heavy (non-hydrogen) atoms. The smallest absolute Gasteiger partial charge is 0.408 e. The molecule has 2 N–H and O–H groups in total. The first-order valence-electron chi connectivity index (χ1n) is 6.91. The predicted molar refractivity (Wildman–Crippen MR) is 74.6 cm³/mol. The minimum absolute atomic E-state index is 0.0335. The van der Waals surface area contributed by atoms with E-state index >= 15 is 0 Å². The van der Waals surface area contributed by atoms with Gasteiger partial charge in [-0.05, 0) is 20.8 Å². The van der Waals surface area contributed by atoms with Crippen molar-refractivity contribution in [1.29, 1.82) is 0 Å². The number of carbonyl (C=O) groups excluding carboxylic acids is 1. The molecule has 122 valence electrons. The first-order chi connectivity index (χ1) is 10.2. The van der Waals surface area contributed by atoms with Gasteiger partial charge in [-0.15, -0.1) is 0 Å². The van der Waals surface area contributed by atoms with Crippen LogP contribution in [0.25, 0.3) is 0 Å². The highest BCUT2D eigenvalue weighted by atomic mass is 19.1. The largest absolute Gasteiger partial charge is 0.493 e. The van der Waals surface area contributed by atoms with Crippen molar-refractivity contribution in [1.82, 2.24) is 5.32 Å². The number of nitrogens with one attached hydrogen (secondary N) is 1. The Bertz CT molecular complexity index is 586. The lowest BCUT2D eigenvalue weighted by Crippen LogP contribution is -2.53. The maximum atomic E-state index is 14.2. The molecule has 1 heterocycles. The molecule has 0 saturated heterocycles. The van der Waals surface area contributed by atoms with Crippen LogP contribution in [-0.4, -0.2) is 30.0 Å². The highest BCUT2D eigenvalue weighted by Gasteiger charge is 2.42. The summed E-state index contributed by atoms with van der Waals surface area (Å²) in [5, 5.41) is 12.2. The van der Waals surface area contributed by atoms with Gasteiger partial charge in [-0.1, -0.05) is 0 Å². The minimum Gasteiger partial charge on any atom is -0.493 e. The number of hydrogen-bond donors (Lipinski definition) is 2. The normalized spacial score (nSPS) is 20.8. The van der Waals surface area contributed by atoms with Gasteiger partial charge in [0.2, 0.25) is 0 Å². The van der Waals surface area contributed by atoms with Crippen molar-refractivity contribution in [2.45, 2.75) is 38.3 Å². The fraction of sp³-hybridized carbons (Fsp3) is 0.533. The Kier molecular flexibility index (Phi) is 4.28. The molecule has 5 nitrogen and oxygen atoms in total. The van der Waals surface area contributed by atoms with Crippen LogP contribution in [0.3, 0.4) is 0 Å². The Morgan fingerprint density at radius 3 is 2.73 bits per heavy atom. The van der Waals surface area contributed by atoms with Gasteiger partial charge in [0, 0.05) is 18.6 Å². The molecule has 1 amide bonds. The molecule has 0 unspecified atom stereocenters. The summed E-state index contributed by atoms with van der Waals surface area (Å²) in [6.07, 6.45) is -0.656. The molecule has 0 bridgehead atoms. The van der Waals surface area contributed by atoms with Gasteiger partial charge in [0.15, 0.2) is 0 Å². The molecule has 0 spiro atoms. The summed E-state index contributed by atoms with van der Waals surface area (Å²) in [7, 11) is 0. The lowest BCUT2D eigenvalue weighted by Gasteiger charge is -2.38. The minimum atomic E-state index is -1.41. The number of halogens is 2. The number of benzene rings is 1.